The number of fused-ring (bicyclic) bond motifs is 1. The van der Waals surface area contributed by atoms with E-state index in [0.29, 0.717) is 17.2 Å². The summed E-state index contributed by atoms with van der Waals surface area (Å²) < 4.78 is 0. The summed E-state index contributed by atoms with van der Waals surface area (Å²) in [5, 5.41) is 13.7. The van der Waals surface area contributed by atoms with E-state index in [-0.39, 0.29) is 18.3 Å². The largest absolute Gasteiger partial charge is 0.348 e. The van der Waals surface area contributed by atoms with Crippen molar-refractivity contribution in [1.82, 2.24) is 20.8 Å². The number of hydrogen-bond acceptors (Lipinski definition) is 3. The monoisotopic (exact) mass is 312 g/mol. The van der Waals surface area contributed by atoms with Crippen LogP contribution in [0.1, 0.15) is 61.3 Å². The maximum absolute atomic E-state index is 12.4. The Morgan fingerprint density at radius 2 is 2.05 bits per heavy atom. The highest BCUT2D eigenvalue weighted by Gasteiger charge is 2.29. The molecule has 118 valence electrons. The highest BCUT2D eigenvalue weighted by atomic mass is 35.5. The van der Waals surface area contributed by atoms with Gasteiger partial charge in [-0.2, -0.15) is 5.10 Å². The zero-order valence-corrected chi connectivity index (χ0v) is 13.6. The van der Waals surface area contributed by atoms with E-state index in [0.717, 1.165) is 43.6 Å². The zero-order valence-electron chi connectivity index (χ0n) is 12.8. The summed E-state index contributed by atoms with van der Waals surface area (Å²) in [5.41, 5.74) is 3.16. The Morgan fingerprint density at radius 3 is 2.76 bits per heavy atom. The van der Waals surface area contributed by atoms with Gasteiger partial charge in [0, 0.05) is 36.8 Å². The number of nitrogens with zero attached hydrogens (tertiary/aromatic N) is 1. The van der Waals surface area contributed by atoms with Gasteiger partial charge >= 0.3 is 0 Å². The molecule has 0 saturated heterocycles. The first-order valence-corrected chi connectivity index (χ1v) is 7.63. The third-order valence-electron chi connectivity index (χ3n) is 4.70. The van der Waals surface area contributed by atoms with Gasteiger partial charge in [0.25, 0.3) is 5.91 Å². The third-order valence-corrected chi connectivity index (χ3v) is 4.70. The molecule has 21 heavy (non-hydrogen) atoms. The third kappa shape index (κ3) is 3.58. The Bertz CT molecular complexity index is 502. The quantitative estimate of drug-likeness (QED) is 0.784. The Kier molecular flexibility index (Phi) is 4.94. The molecule has 3 rings (SSSR count). The molecule has 0 atom stereocenters. The van der Waals surface area contributed by atoms with Gasteiger partial charge < -0.3 is 10.6 Å². The smallest absolute Gasteiger partial charge is 0.272 e. The number of aromatic nitrogens is 2. The lowest BCUT2D eigenvalue weighted by atomic mass is 9.75. The van der Waals surface area contributed by atoms with Gasteiger partial charge in [0.1, 0.15) is 0 Å². The SMILES string of the molecule is CC1(C)CCC(NC(=O)c2n[nH]c3c2CNCC3)CC1.Cl. The first-order valence-electron chi connectivity index (χ1n) is 7.63. The lowest BCUT2D eigenvalue weighted by molar-refractivity contribution is 0.0902. The molecule has 5 nitrogen and oxygen atoms in total. The van der Waals surface area contributed by atoms with E-state index >= 15 is 0 Å². The van der Waals surface area contributed by atoms with Crippen LogP contribution in [0.4, 0.5) is 0 Å². The van der Waals surface area contributed by atoms with Crippen LogP contribution < -0.4 is 10.6 Å². The van der Waals surface area contributed by atoms with E-state index in [2.05, 4.69) is 34.7 Å². The topological polar surface area (TPSA) is 69.8 Å². The van der Waals surface area contributed by atoms with E-state index in [9.17, 15) is 4.79 Å². The highest BCUT2D eigenvalue weighted by Crippen LogP contribution is 2.35. The number of rotatable bonds is 2. The standard InChI is InChI=1S/C15H24N4O.ClH/c1-15(2)6-3-10(4-7-15)17-14(20)13-11-9-16-8-5-12(11)18-19-13;/h10,16H,3-9H2,1-2H3,(H,17,20)(H,18,19);1H. The highest BCUT2D eigenvalue weighted by molar-refractivity contribution is 5.94. The second-order valence-electron chi connectivity index (χ2n) is 6.87. The predicted octanol–water partition coefficient (Wildman–Crippen LogP) is 2.18. The minimum Gasteiger partial charge on any atom is -0.348 e. The van der Waals surface area contributed by atoms with Gasteiger partial charge in [-0.25, -0.2) is 0 Å². The fourth-order valence-corrected chi connectivity index (χ4v) is 3.21. The molecule has 1 aromatic rings. The normalized spacial score (nSPS) is 21.2. The van der Waals surface area contributed by atoms with Crippen LogP contribution in [-0.4, -0.2) is 28.7 Å². The number of carbonyl (C=O) groups excluding carboxylic acids is 1. The summed E-state index contributed by atoms with van der Waals surface area (Å²) in [6.45, 7) is 6.31. The van der Waals surface area contributed by atoms with Crippen molar-refractivity contribution in [2.45, 2.75) is 58.5 Å². The minimum absolute atomic E-state index is 0. The van der Waals surface area contributed by atoms with E-state index in [1.54, 1.807) is 0 Å². The molecule has 2 heterocycles. The molecule has 1 saturated carbocycles. The summed E-state index contributed by atoms with van der Waals surface area (Å²) in [6.07, 6.45) is 5.43. The number of aromatic amines is 1. The lowest BCUT2D eigenvalue weighted by Gasteiger charge is -2.34. The maximum atomic E-state index is 12.4. The zero-order chi connectivity index (χ0) is 14.2. The van der Waals surface area contributed by atoms with Gasteiger partial charge in [-0.05, 0) is 31.1 Å². The molecule has 0 aromatic carbocycles. The minimum atomic E-state index is -0.0177. The number of H-pyrrole nitrogens is 1. The second kappa shape index (κ2) is 6.36. The van der Waals surface area contributed by atoms with Crippen LogP contribution in [0.5, 0.6) is 0 Å². The molecule has 6 heteroatoms. The van der Waals surface area contributed by atoms with Crippen LogP contribution in [0.3, 0.4) is 0 Å². The van der Waals surface area contributed by atoms with E-state index in [1.165, 1.54) is 12.8 Å². The predicted molar refractivity (Wildman–Crippen MR) is 84.7 cm³/mol. The van der Waals surface area contributed by atoms with Gasteiger partial charge in [0.05, 0.1) is 0 Å². The molecule has 2 aliphatic rings. The average Bonchev–Trinajstić information content (AvgIpc) is 2.85. The molecule has 0 radical (unpaired) electrons. The maximum Gasteiger partial charge on any atom is 0.272 e. The Morgan fingerprint density at radius 1 is 1.33 bits per heavy atom. The number of carbonyl (C=O) groups is 1. The molecule has 3 N–H and O–H groups in total. The number of halogens is 1. The lowest BCUT2D eigenvalue weighted by Crippen LogP contribution is -2.40. The summed E-state index contributed by atoms with van der Waals surface area (Å²) in [6, 6.07) is 0.305. The van der Waals surface area contributed by atoms with Crippen molar-refractivity contribution in [2.75, 3.05) is 6.54 Å². The molecular formula is C15H25ClN4O. The van der Waals surface area contributed by atoms with E-state index in [4.69, 9.17) is 0 Å². The fraction of sp³-hybridized carbons (Fsp3) is 0.733. The first-order chi connectivity index (χ1) is 9.55. The molecule has 1 aliphatic carbocycles. The van der Waals surface area contributed by atoms with E-state index in [1.807, 2.05) is 0 Å². The van der Waals surface area contributed by atoms with E-state index < -0.39 is 0 Å². The molecule has 1 fully saturated rings. The Balaban J connectivity index is 0.00000161. The Labute approximate surface area is 132 Å². The van der Waals surface area contributed by atoms with Gasteiger partial charge in [-0.1, -0.05) is 13.8 Å². The average molecular weight is 313 g/mol. The molecular weight excluding hydrogens is 288 g/mol. The number of amides is 1. The van der Waals surface area contributed by atoms with Crippen LogP contribution >= 0.6 is 12.4 Å². The van der Waals surface area contributed by atoms with Crippen molar-refractivity contribution in [1.29, 1.82) is 0 Å². The van der Waals surface area contributed by atoms with Crippen molar-refractivity contribution in [3.63, 3.8) is 0 Å². The van der Waals surface area contributed by atoms with Gasteiger partial charge in [0.15, 0.2) is 5.69 Å². The van der Waals surface area contributed by atoms with Crippen molar-refractivity contribution < 1.29 is 4.79 Å². The molecule has 0 bridgehead atoms. The molecule has 0 spiro atoms. The molecule has 1 aromatic heterocycles. The summed E-state index contributed by atoms with van der Waals surface area (Å²) >= 11 is 0. The van der Waals surface area contributed by atoms with Gasteiger partial charge in [-0.3, -0.25) is 9.89 Å². The van der Waals surface area contributed by atoms with Crippen molar-refractivity contribution in [3.8, 4) is 0 Å². The second-order valence-corrected chi connectivity index (χ2v) is 6.87. The summed E-state index contributed by atoms with van der Waals surface area (Å²) in [7, 11) is 0. The van der Waals surface area contributed by atoms with Gasteiger partial charge in [0.2, 0.25) is 0 Å². The molecule has 1 aliphatic heterocycles. The number of nitrogens with one attached hydrogen (secondary N) is 3. The van der Waals surface area contributed by atoms with Crippen LogP contribution in [0.25, 0.3) is 0 Å². The Hall–Kier alpha value is -1.07. The fourth-order valence-electron chi connectivity index (χ4n) is 3.21. The van der Waals surface area contributed by atoms with Crippen molar-refractivity contribution >= 4 is 18.3 Å². The summed E-state index contributed by atoms with van der Waals surface area (Å²) in [4.78, 5) is 12.4. The van der Waals surface area contributed by atoms with Crippen molar-refractivity contribution in [2.24, 2.45) is 5.41 Å². The number of hydrogen-bond donors (Lipinski definition) is 3. The summed E-state index contributed by atoms with van der Waals surface area (Å²) in [5.74, 6) is -0.0177. The van der Waals surface area contributed by atoms with Crippen LogP contribution in [0.2, 0.25) is 0 Å². The van der Waals surface area contributed by atoms with Gasteiger partial charge in [-0.15, -0.1) is 12.4 Å². The first kappa shape index (κ1) is 16.3. The van der Waals surface area contributed by atoms with Crippen LogP contribution in [0, 0.1) is 5.41 Å². The van der Waals surface area contributed by atoms with Crippen LogP contribution in [0.15, 0.2) is 0 Å². The van der Waals surface area contributed by atoms with Crippen molar-refractivity contribution in [3.05, 3.63) is 17.0 Å². The molecule has 1 amide bonds. The molecule has 0 unspecified atom stereocenters. The van der Waals surface area contributed by atoms with Crippen LogP contribution in [-0.2, 0) is 13.0 Å².